The zero-order valence-electron chi connectivity index (χ0n) is 13.3. The summed E-state index contributed by atoms with van der Waals surface area (Å²) in [6, 6.07) is 18.6. The van der Waals surface area contributed by atoms with Crippen LogP contribution in [0.1, 0.15) is 23.6 Å². The molecule has 0 unspecified atom stereocenters. The molecule has 0 amide bonds. The maximum atomic E-state index is 14.3. The van der Waals surface area contributed by atoms with Crippen LogP contribution in [0.4, 0.5) is 8.78 Å². The van der Waals surface area contributed by atoms with Crippen LogP contribution in [-0.4, -0.2) is 0 Å². The number of aryl methyl sites for hydroxylation is 1. The first-order chi connectivity index (χ1) is 11.7. The number of hydrogen-bond acceptors (Lipinski definition) is 0. The summed E-state index contributed by atoms with van der Waals surface area (Å²) < 4.78 is 27.3. The van der Waals surface area contributed by atoms with Crippen LogP contribution >= 0.6 is 0 Å². The molecule has 3 aromatic rings. The molecule has 0 aliphatic rings. The minimum Gasteiger partial charge on any atom is -0.207 e. The predicted octanol–water partition coefficient (Wildman–Crippen LogP) is 5.59. The zero-order valence-corrected chi connectivity index (χ0v) is 13.3. The molecule has 3 rings (SSSR count). The van der Waals surface area contributed by atoms with E-state index in [9.17, 15) is 8.78 Å². The molecule has 0 atom stereocenters. The van der Waals surface area contributed by atoms with Gasteiger partial charge in [-0.15, -0.1) is 0 Å². The molecular weight excluding hydrogens is 302 g/mol. The topological polar surface area (TPSA) is 0 Å². The highest BCUT2D eigenvalue weighted by molar-refractivity contribution is 5.65. The van der Waals surface area contributed by atoms with Crippen molar-refractivity contribution in [3.05, 3.63) is 95.1 Å². The Balaban J connectivity index is 1.84. The Bertz CT molecular complexity index is 895. The number of benzene rings is 3. The summed E-state index contributed by atoms with van der Waals surface area (Å²) in [6.07, 6.45) is 0.990. The standard InChI is InChI=1S/C22H16F2/c1-2-16-3-5-17(6-4-16)7-8-18-9-14-21(22(24)15-18)19-10-12-20(23)13-11-19/h3-6,9-15H,2H2,1H3. The van der Waals surface area contributed by atoms with E-state index in [2.05, 4.69) is 18.8 Å². The molecule has 0 N–H and O–H groups in total. The van der Waals surface area contributed by atoms with Gasteiger partial charge in [-0.05, 0) is 53.9 Å². The van der Waals surface area contributed by atoms with Gasteiger partial charge in [0.15, 0.2) is 0 Å². The molecular formula is C22H16F2. The van der Waals surface area contributed by atoms with E-state index in [1.165, 1.54) is 23.8 Å². The molecule has 0 aromatic heterocycles. The van der Waals surface area contributed by atoms with Crippen molar-refractivity contribution in [1.29, 1.82) is 0 Å². The maximum absolute atomic E-state index is 14.3. The lowest BCUT2D eigenvalue weighted by Gasteiger charge is -2.04. The van der Waals surface area contributed by atoms with Crippen LogP contribution in [0.3, 0.4) is 0 Å². The lowest BCUT2D eigenvalue weighted by atomic mass is 10.0. The largest absolute Gasteiger partial charge is 0.207 e. The summed E-state index contributed by atoms with van der Waals surface area (Å²) in [5.74, 6) is 5.31. The van der Waals surface area contributed by atoms with Crippen molar-refractivity contribution in [2.24, 2.45) is 0 Å². The van der Waals surface area contributed by atoms with Gasteiger partial charge >= 0.3 is 0 Å². The summed E-state index contributed by atoms with van der Waals surface area (Å²) >= 11 is 0. The second-order valence-corrected chi connectivity index (χ2v) is 5.50. The zero-order chi connectivity index (χ0) is 16.9. The normalized spacial score (nSPS) is 10.1. The second kappa shape index (κ2) is 7.10. The van der Waals surface area contributed by atoms with Gasteiger partial charge in [-0.3, -0.25) is 0 Å². The van der Waals surface area contributed by atoms with Crippen molar-refractivity contribution in [2.75, 3.05) is 0 Å². The van der Waals surface area contributed by atoms with E-state index < -0.39 is 0 Å². The highest BCUT2D eigenvalue weighted by Gasteiger charge is 2.05. The summed E-state index contributed by atoms with van der Waals surface area (Å²) in [5.41, 5.74) is 3.85. The number of rotatable bonds is 2. The van der Waals surface area contributed by atoms with E-state index in [4.69, 9.17) is 0 Å². The van der Waals surface area contributed by atoms with Crippen molar-refractivity contribution in [1.82, 2.24) is 0 Å². The Kier molecular flexibility index (Phi) is 4.72. The summed E-state index contributed by atoms with van der Waals surface area (Å²) in [6.45, 7) is 2.10. The number of hydrogen-bond donors (Lipinski definition) is 0. The summed E-state index contributed by atoms with van der Waals surface area (Å²) in [7, 11) is 0. The molecule has 0 aliphatic carbocycles. The molecule has 118 valence electrons. The Morgan fingerprint density at radius 2 is 1.38 bits per heavy atom. The fraction of sp³-hybridized carbons (Fsp3) is 0.0909. The highest BCUT2D eigenvalue weighted by atomic mass is 19.1. The van der Waals surface area contributed by atoms with Crippen molar-refractivity contribution in [3.8, 4) is 23.0 Å². The van der Waals surface area contributed by atoms with Crippen molar-refractivity contribution in [3.63, 3.8) is 0 Å². The third-order valence-electron chi connectivity index (χ3n) is 3.84. The monoisotopic (exact) mass is 318 g/mol. The molecule has 0 bridgehead atoms. The maximum Gasteiger partial charge on any atom is 0.132 e. The molecule has 0 aliphatic heterocycles. The second-order valence-electron chi connectivity index (χ2n) is 5.50. The lowest BCUT2D eigenvalue weighted by Crippen LogP contribution is -1.87. The van der Waals surface area contributed by atoms with Gasteiger partial charge in [0.1, 0.15) is 11.6 Å². The van der Waals surface area contributed by atoms with Crippen molar-refractivity contribution in [2.45, 2.75) is 13.3 Å². The van der Waals surface area contributed by atoms with Crippen LogP contribution in [-0.2, 0) is 6.42 Å². The third kappa shape index (κ3) is 3.70. The van der Waals surface area contributed by atoms with E-state index in [0.717, 1.165) is 12.0 Å². The average molecular weight is 318 g/mol. The van der Waals surface area contributed by atoms with Crippen LogP contribution in [0, 0.1) is 23.5 Å². The molecule has 0 heterocycles. The minimum atomic E-state index is -0.366. The van der Waals surface area contributed by atoms with Crippen LogP contribution in [0.25, 0.3) is 11.1 Å². The van der Waals surface area contributed by atoms with Crippen LogP contribution in [0.2, 0.25) is 0 Å². The molecule has 0 spiro atoms. The van der Waals surface area contributed by atoms with Gasteiger partial charge in [-0.25, -0.2) is 8.78 Å². The molecule has 0 nitrogen and oxygen atoms in total. The van der Waals surface area contributed by atoms with Gasteiger partial charge in [0, 0.05) is 16.7 Å². The van der Waals surface area contributed by atoms with Crippen LogP contribution < -0.4 is 0 Å². The van der Waals surface area contributed by atoms with E-state index in [1.54, 1.807) is 24.3 Å². The Labute approximate surface area is 140 Å². The van der Waals surface area contributed by atoms with Crippen LogP contribution in [0.15, 0.2) is 66.7 Å². The van der Waals surface area contributed by atoms with Crippen LogP contribution in [0.5, 0.6) is 0 Å². The number of halogens is 2. The highest BCUT2D eigenvalue weighted by Crippen LogP contribution is 2.23. The fourth-order valence-corrected chi connectivity index (χ4v) is 2.42. The lowest BCUT2D eigenvalue weighted by molar-refractivity contribution is 0.625. The summed E-state index contributed by atoms with van der Waals surface area (Å²) in [4.78, 5) is 0. The van der Waals surface area contributed by atoms with E-state index in [1.807, 2.05) is 24.3 Å². The molecule has 0 saturated carbocycles. The van der Waals surface area contributed by atoms with Gasteiger partial charge in [0.2, 0.25) is 0 Å². The van der Waals surface area contributed by atoms with Gasteiger partial charge in [-0.2, -0.15) is 0 Å². The predicted molar refractivity (Wildman–Crippen MR) is 93.6 cm³/mol. The van der Waals surface area contributed by atoms with Gasteiger partial charge in [0.25, 0.3) is 0 Å². The molecule has 24 heavy (non-hydrogen) atoms. The first-order valence-electron chi connectivity index (χ1n) is 7.82. The van der Waals surface area contributed by atoms with Crippen molar-refractivity contribution >= 4 is 0 Å². The Morgan fingerprint density at radius 1 is 0.750 bits per heavy atom. The van der Waals surface area contributed by atoms with Gasteiger partial charge in [-0.1, -0.05) is 49.1 Å². The smallest absolute Gasteiger partial charge is 0.132 e. The third-order valence-corrected chi connectivity index (χ3v) is 3.84. The average Bonchev–Trinajstić information content (AvgIpc) is 2.61. The Hall–Kier alpha value is -2.92. The molecule has 0 fully saturated rings. The van der Waals surface area contributed by atoms with Gasteiger partial charge in [0.05, 0.1) is 0 Å². The SMILES string of the molecule is CCc1ccc(C#Cc2ccc(-c3ccc(F)cc3)c(F)c2)cc1. The molecule has 0 radical (unpaired) electrons. The minimum absolute atomic E-state index is 0.337. The van der Waals surface area contributed by atoms with E-state index >= 15 is 0 Å². The summed E-state index contributed by atoms with van der Waals surface area (Å²) in [5, 5.41) is 0. The quantitative estimate of drug-likeness (QED) is 0.540. The first-order valence-corrected chi connectivity index (χ1v) is 7.82. The molecule has 2 heteroatoms. The molecule has 0 saturated heterocycles. The van der Waals surface area contributed by atoms with Gasteiger partial charge < -0.3 is 0 Å². The fourth-order valence-electron chi connectivity index (χ4n) is 2.42. The first kappa shape index (κ1) is 16.0. The Morgan fingerprint density at radius 3 is 2.00 bits per heavy atom. The van der Waals surface area contributed by atoms with Crippen molar-refractivity contribution < 1.29 is 8.78 Å². The van der Waals surface area contributed by atoms with E-state index in [-0.39, 0.29) is 11.6 Å². The van der Waals surface area contributed by atoms with E-state index in [0.29, 0.717) is 16.7 Å². The molecule has 3 aromatic carbocycles.